The van der Waals surface area contributed by atoms with Gasteiger partial charge in [-0.25, -0.2) is 0 Å². The van der Waals surface area contributed by atoms with E-state index in [1.165, 1.54) is 11.3 Å². The molecule has 2 rings (SSSR count). The molecule has 2 aromatic rings. The maximum Gasteiger partial charge on any atom is 0.307 e. The van der Waals surface area contributed by atoms with Crippen molar-refractivity contribution in [3.05, 3.63) is 34.8 Å². The molecule has 0 amide bonds. The highest BCUT2D eigenvalue weighted by atomic mass is 32.1. The minimum absolute atomic E-state index is 0.0334. The van der Waals surface area contributed by atoms with Gasteiger partial charge in [0.1, 0.15) is 10.0 Å². The summed E-state index contributed by atoms with van der Waals surface area (Å²) in [5.74, 6) is -0.828. The number of carboxylic acid groups (broad SMARTS) is 2. The second-order valence-corrected chi connectivity index (χ2v) is 4.68. The minimum atomic E-state index is -0.828. The molecular weight excluding hydrogens is 268 g/mol. The van der Waals surface area contributed by atoms with Gasteiger partial charge in [0.2, 0.25) is 0 Å². The van der Waals surface area contributed by atoms with Crippen molar-refractivity contribution < 1.29 is 19.8 Å². The molecule has 1 aromatic carbocycles. The molecule has 0 radical (unpaired) electrons. The maximum atomic E-state index is 10.6. The van der Waals surface area contributed by atoms with E-state index in [2.05, 4.69) is 10.2 Å². The van der Waals surface area contributed by atoms with Gasteiger partial charge in [0.25, 0.3) is 6.47 Å². The third-order valence-electron chi connectivity index (χ3n) is 2.06. The first-order chi connectivity index (χ1) is 9.06. The Balaban J connectivity index is 0.000000550. The number of aryl methyl sites for hydroxylation is 1. The fraction of sp³-hybridized carbons (Fsp3) is 0.167. The van der Waals surface area contributed by atoms with E-state index in [0.717, 1.165) is 21.1 Å². The lowest BCUT2D eigenvalue weighted by Crippen LogP contribution is -1.99. The molecule has 0 saturated carbocycles. The van der Waals surface area contributed by atoms with E-state index in [-0.39, 0.29) is 12.9 Å². The van der Waals surface area contributed by atoms with Gasteiger partial charge in [-0.15, -0.1) is 10.2 Å². The van der Waals surface area contributed by atoms with Crippen LogP contribution in [0.15, 0.2) is 24.3 Å². The van der Waals surface area contributed by atoms with Crippen molar-refractivity contribution >= 4 is 23.8 Å². The van der Waals surface area contributed by atoms with E-state index in [1.54, 1.807) is 6.07 Å². The molecule has 1 aromatic heterocycles. The highest BCUT2D eigenvalue weighted by Crippen LogP contribution is 2.23. The molecule has 19 heavy (non-hydrogen) atoms. The number of nitrogens with zero attached hydrogens (tertiary/aromatic N) is 2. The van der Waals surface area contributed by atoms with Crippen LogP contribution in [0.3, 0.4) is 0 Å². The molecule has 6 nitrogen and oxygen atoms in total. The molecule has 0 aliphatic heterocycles. The first-order valence-electron chi connectivity index (χ1n) is 5.26. The molecule has 0 unspecified atom stereocenters. The van der Waals surface area contributed by atoms with Crippen molar-refractivity contribution in [2.24, 2.45) is 0 Å². The summed E-state index contributed by atoms with van der Waals surface area (Å²) in [5.41, 5.74) is 1.70. The van der Waals surface area contributed by atoms with Crippen LogP contribution in [0.5, 0.6) is 0 Å². The second-order valence-electron chi connectivity index (χ2n) is 3.50. The number of rotatable bonds is 3. The number of benzene rings is 1. The van der Waals surface area contributed by atoms with E-state index < -0.39 is 5.97 Å². The van der Waals surface area contributed by atoms with Crippen LogP contribution in [0.4, 0.5) is 0 Å². The predicted octanol–water partition coefficient (Wildman–Crippen LogP) is 1.84. The Bertz CT molecular complexity index is 568. The summed E-state index contributed by atoms with van der Waals surface area (Å²) in [7, 11) is 0. The van der Waals surface area contributed by atoms with Crippen molar-refractivity contribution in [2.75, 3.05) is 0 Å². The van der Waals surface area contributed by atoms with Crippen LogP contribution in [0.1, 0.15) is 10.6 Å². The van der Waals surface area contributed by atoms with Crippen LogP contribution >= 0.6 is 11.3 Å². The highest BCUT2D eigenvalue weighted by molar-refractivity contribution is 7.14. The lowest BCUT2D eigenvalue weighted by molar-refractivity contribution is -0.136. The zero-order valence-electron chi connectivity index (χ0n) is 10.1. The SMILES string of the molecule is Cc1nnc(-c2cccc(CC(=O)O)c2)s1.O=CO. The lowest BCUT2D eigenvalue weighted by Gasteiger charge is -1.99. The molecule has 2 N–H and O–H groups in total. The number of aliphatic carboxylic acids is 1. The molecule has 100 valence electrons. The van der Waals surface area contributed by atoms with Crippen molar-refractivity contribution in [1.82, 2.24) is 10.2 Å². The molecule has 7 heteroatoms. The standard InChI is InChI=1S/C11H10N2O2S.CH2O2/c1-7-12-13-11(16-7)9-4-2-3-8(5-9)6-10(14)15;2-1-3/h2-5H,6H2,1H3,(H,14,15);1H,(H,2,3). The Morgan fingerprint density at radius 1 is 1.42 bits per heavy atom. The Labute approximate surface area is 113 Å². The fourth-order valence-electron chi connectivity index (χ4n) is 1.40. The van der Waals surface area contributed by atoms with Crippen molar-refractivity contribution in [1.29, 1.82) is 0 Å². The van der Waals surface area contributed by atoms with Crippen LogP contribution in [0.25, 0.3) is 10.6 Å². The third kappa shape index (κ3) is 4.84. The number of hydrogen-bond acceptors (Lipinski definition) is 5. The highest BCUT2D eigenvalue weighted by Gasteiger charge is 2.06. The molecule has 0 saturated heterocycles. The van der Waals surface area contributed by atoms with E-state index in [9.17, 15) is 4.79 Å². The topological polar surface area (TPSA) is 100 Å². The van der Waals surface area contributed by atoms with Gasteiger partial charge in [0.05, 0.1) is 6.42 Å². The lowest BCUT2D eigenvalue weighted by atomic mass is 10.1. The summed E-state index contributed by atoms with van der Waals surface area (Å²) < 4.78 is 0. The third-order valence-corrected chi connectivity index (χ3v) is 2.94. The summed E-state index contributed by atoms with van der Waals surface area (Å²) in [6, 6.07) is 7.38. The van der Waals surface area contributed by atoms with Crippen molar-refractivity contribution in [2.45, 2.75) is 13.3 Å². The largest absolute Gasteiger partial charge is 0.483 e. The molecule has 0 aliphatic rings. The minimum Gasteiger partial charge on any atom is -0.483 e. The van der Waals surface area contributed by atoms with Crippen LogP contribution < -0.4 is 0 Å². The molecular formula is C12H12N2O4S. The molecule has 0 aliphatic carbocycles. The second kappa shape index (κ2) is 7.22. The molecule has 0 fully saturated rings. The van der Waals surface area contributed by atoms with Gasteiger partial charge >= 0.3 is 5.97 Å². The molecule has 0 atom stereocenters. The molecule has 0 bridgehead atoms. The fourth-order valence-corrected chi connectivity index (χ4v) is 2.09. The van der Waals surface area contributed by atoms with Gasteiger partial charge < -0.3 is 10.2 Å². The van der Waals surface area contributed by atoms with Gasteiger partial charge in [0, 0.05) is 5.56 Å². The van der Waals surface area contributed by atoms with Gasteiger partial charge in [-0.3, -0.25) is 9.59 Å². The summed E-state index contributed by atoms with van der Waals surface area (Å²) in [6.07, 6.45) is 0.0334. The van der Waals surface area contributed by atoms with Crippen molar-refractivity contribution in [3.8, 4) is 10.6 Å². The average Bonchev–Trinajstić information content (AvgIpc) is 2.76. The summed E-state index contributed by atoms with van der Waals surface area (Å²) in [5, 5.41) is 25.3. The normalized spacial score (nSPS) is 9.32. The number of aromatic nitrogens is 2. The van der Waals surface area contributed by atoms with Crippen LogP contribution in [0, 0.1) is 6.92 Å². The van der Waals surface area contributed by atoms with Crippen LogP contribution in [-0.2, 0) is 16.0 Å². The summed E-state index contributed by atoms with van der Waals surface area (Å²) >= 11 is 1.50. The Kier molecular flexibility index (Phi) is 5.62. The molecule has 0 spiro atoms. The van der Waals surface area contributed by atoms with Gasteiger partial charge in [0.15, 0.2) is 0 Å². The van der Waals surface area contributed by atoms with E-state index in [0.29, 0.717) is 0 Å². The van der Waals surface area contributed by atoms with Crippen LogP contribution in [0.2, 0.25) is 0 Å². The zero-order valence-corrected chi connectivity index (χ0v) is 10.9. The first kappa shape index (κ1) is 14.8. The maximum absolute atomic E-state index is 10.6. The van der Waals surface area contributed by atoms with E-state index in [4.69, 9.17) is 15.0 Å². The first-order valence-corrected chi connectivity index (χ1v) is 6.07. The smallest absolute Gasteiger partial charge is 0.307 e. The number of carbonyl (C=O) groups is 2. The van der Waals surface area contributed by atoms with Crippen LogP contribution in [-0.4, -0.2) is 32.9 Å². The predicted molar refractivity (Wildman–Crippen MR) is 70.1 cm³/mol. The zero-order chi connectivity index (χ0) is 14.3. The molecule has 1 heterocycles. The Morgan fingerprint density at radius 3 is 2.63 bits per heavy atom. The number of hydrogen-bond donors (Lipinski definition) is 2. The van der Waals surface area contributed by atoms with Gasteiger partial charge in [-0.1, -0.05) is 29.5 Å². The monoisotopic (exact) mass is 280 g/mol. The Hall–Kier alpha value is -2.28. The van der Waals surface area contributed by atoms with Gasteiger partial charge in [-0.05, 0) is 18.6 Å². The average molecular weight is 280 g/mol. The number of carboxylic acids is 1. The summed E-state index contributed by atoms with van der Waals surface area (Å²) in [6.45, 7) is 1.64. The Morgan fingerprint density at radius 2 is 2.11 bits per heavy atom. The van der Waals surface area contributed by atoms with Crippen molar-refractivity contribution in [3.63, 3.8) is 0 Å². The van der Waals surface area contributed by atoms with E-state index >= 15 is 0 Å². The van der Waals surface area contributed by atoms with E-state index in [1.807, 2.05) is 25.1 Å². The van der Waals surface area contributed by atoms with Gasteiger partial charge in [-0.2, -0.15) is 0 Å². The summed E-state index contributed by atoms with van der Waals surface area (Å²) in [4.78, 5) is 19.0. The quantitative estimate of drug-likeness (QED) is 0.832.